The number of aromatic nitrogens is 2. The van der Waals surface area contributed by atoms with E-state index in [4.69, 9.17) is 19.1 Å². The molecule has 1 fully saturated rings. The van der Waals surface area contributed by atoms with Crippen LogP contribution in [0.1, 0.15) is 22.6 Å². The zero-order valence-corrected chi connectivity index (χ0v) is 7.17. The molecule has 1 unspecified atom stereocenters. The number of hydrogen-bond acceptors (Lipinski definition) is 6. The second kappa shape index (κ2) is 3.72. The molecule has 0 radical (unpaired) electrons. The number of hydrogen-bond donors (Lipinski definition) is 1. The number of nitrogens with zero attached hydrogens (tertiary/aromatic N) is 2. The normalized spacial score (nSPS) is 22.1. The lowest BCUT2D eigenvalue weighted by Gasteiger charge is -2.19. The lowest BCUT2D eigenvalue weighted by Crippen LogP contribution is -2.22. The molecule has 1 aromatic rings. The number of carboxylic acids is 1. The van der Waals surface area contributed by atoms with Crippen molar-refractivity contribution in [3.05, 3.63) is 11.7 Å². The summed E-state index contributed by atoms with van der Waals surface area (Å²) in [4.78, 5) is 14.1. The third kappa shape index (κ3) is 1.73. The summed E-state index contributed by atoms with van der Waals surface area (Å²) < 4.78 is 15.1. The molecule has 2 heterocycles. The first-order valence-corrected chi connectivity index (χ1v) is 4.03. The molecule has 0 aliphatic carbocycles. The molecular weight excluding hydrogens is 192 g/mol. The molecular formula is C7H8N2O5. The van der Waals surface area contributed by atoms with E-state index < -0.39 is 12.1 Å². The van der Waals surface area contributed by atoms with E-state index in [1.165, 1.54) is 0 Å². The van der Waals surface area contributed by atoms with Crippen LogP contribution in [0.5, 0.6) is 0 Å². The number of carboxylic acid groups (broad SMARTS) is 1. The summed E-state index contributed by atoms with van der Waals surface area (Å²) in [5, 5.41) is 11.8. The van der Waals surface area contributed by atoms with E-state index in [9.17, 15) is 4.79 Å². The van der Waals surface area contributed by atoms with Gasteiger partial charge in [-0.2, -0.15) is 4.98 Å². The Bertz CT molecular complexity index is 331. The molecule has 14 heavy (non-hydrogen) atoms. The molecule has 7 nitrogen and oxygen atoms in total. The van der Waals surface area contributed by atoms with Crippen molar-refractivity contribution in [1.29, 1.82) is 0 Å². The first-order chi connectivity index (χ1) is 6.77. The van der Waals surface area contributed by atoms with Crippen LogP contribution in [0.3, 0.4) is 0 Å². The molecule has 7 heteroatoms. The Labute approximate surface area is 78.6 Å². The van der Waals surface area contributed by atoms with Crippen LogP contribution in [0, 0.1) is 0 Å². The lowest BCUT2D eigenvalue weighted by molar-refractivity contribution is -0.101. The zero-order valence-electron chi connectivity index (χ0n) is 7.17. The molecule has 0 aromatic carbocycles. The first-order valence-electron chi connectivity index (χ1n) is 4.03. The van der Waals surface area contributed by atoms with E-state index in [0.717, 1.165) is 0 Å². The minimum absolute atomic E-state index is 0.141. The smallest absolute Gasteiger partial charge is 0.377 e. The van der Waals surface area contributed by atoms with Crippen LogP contribution in [0.4, 0.5) is 0 Å². The summed E-state index contributed by atoms with van der Waals surface area (Å²) in [6.07, 6.45) is -0.454. The number of carbonyl (C=O) groups is 1. The average Bonchev–Trinajstić information content (AvgIpc) is 2.68. The van der Waals surface area contributed by atoms with Crippen molar-refractivity contribution < 1.29 is 23.9 Å². The Morgan fingerprint density at radius 3 is 2.93 bits per heavy atom. The van der Waals surface area contributed by atoms with E-state index in [1.54, 1.807) is 0 Å². The molecule has 2 rings (SSSR count). The molecule has 0 bridgehead atoms. The predicted molar refractivity (Wildman–Crippen MR) is 40.8 cm³/mol. The van der Waals surface area contributed by atoms with Gasteiger partial charge in [0.15, 0.2) is 6.10 Å². The SMILES string of the molecule is O=C(O)c1noc(C2COCCO2)n1. The van der Waals surface area contributed by atoms with E-state index in [0.29, 0.717) is 19.8 Å². The first kappa shape index (κ1) is 9.10. The van der Waals surface area contributed by atoms with Crippen molar-refractivity contribution in [2.24, 2.45) is 0 Å². The van der Waals surface area contributed by atoms with Gasteiger partial charge in [0.1, 0.15) is 0 Å². The summed E-state index contributed by atoms with van der Waals surface area (Å²) >= 11 is 0. The van der Waals surface area contributed by atoms with Gasteiger partial charge in [-0.1, -0.05) is 0 Å². The van der Waals surface area contributed by atoms with Gasteiger partial charge in [0.05, 0.1) is 19.8 Å². The van der Waals surface area contributed by atoms with Crippen molar-refractivity contribution in [3.8, 4) is 0 Å². The third-order valence-electron chi connectivity index (χ3n) is 1.72. The van der Waals surface area contributed by atoms with Gasteiger partial charge < -0.3 is 19.1 Å². The zero-order chi connectivity index (χ0) is 9.97. The molecule has 0 amide bonds. The van der Waals surface area contributed by atoms with Crippen molar-refractivity contribution in [3.63, 3.8) is 0 Å². The molecule has 1 saturated heterocycles. The van der Waals surface area contributed by atoms with Gasteiger partial charge >= 0.3 is 5.97 Å². The lowest BCUT2D eigenvalue weighted by atomic mass is 10.3. The third-order valence-corrected chi connectivity index (χ3v) is 1.72. The van der Waals surface area contributed by atoms with Crippen LogP contribution < -0.4 is 0 Å². The largest absolute Gasteiger partial charge is 0.475 e. The molecule has 0 saturated carbocycles. The quantitative estimate of drug-likeness (QED) is 0.709. The summed E-state index contributed by atoms with van der Waals surface area (Å²) in [5.41, 5.74) is 0. The highest BCUT2D eigenvalue weighted by molar-refractivity contribution is 5.82. The standard InChI is InChI=1S/C7H8N2O5/c10-7(11)5-8-6(14-9-5)4-3-12-1-2-13-4/h4H,1-3H2,(H,10,11). The highest BCUT2D eigenvalue weighted by Crippen LogP contribution is 2.18. The van der Waals surface area contributed by atoms with Crippen molar-refractivity contribution >= 4 is 5.97 Å². The van der Waals surface area contributed by atoms with E-state index >= 15 is 0 Å². The minimum atomic E-state index is -1.23. The van der Waals surface area contributed by atoms with Gasteiger partial charge in [0.25, 0.3) is 11.7 Å². The van der Waals surface area contributed by atoms with Crippen LogP contribution in [-0.4, -0.2) is 41.0 Å². The number of rotatable bonds is 2. The Morgan fingerprint density at radius 1 is 1.50 bits per heavy atom. The Morgan fingerprint density at radius 2 is 2.36 bits per heavy atom. The fourth-order valence-electron chi connectivity index (χ4n) is 1.08. The fraction of sp³-hybridized carbons (Fsp3) is 0.571. The van der Waals surface area contributed by atoms with E-state index in [2.05, 4.69) is 10.1 Å². The van der Waals surface area contributed by atoms with Crippen molar-refractivity contribution in [2.45, 2.75) is 6.10 Å². The molecule has 0 spiro atoms. The van der Waals surface area contributed by atoms with Crippen LogP contribution in [-0.2, 0) is 9.47 Å². The highest BCUT2D eigenvalue weighted by Gasteiger charge is 2.24. The Balaban J connectivity index is 2.11. The maximum absolute atomic E-state index is 10.4. The second-order valence-electron chi connectivity index (χ2n) is 2.70. The molecule has 1 aliphatic rings. The van der Waals surface area contributed by atoms with Crippen LogP contribution in [0.25, 0.3) is 0 Å². The molecule has 1 N–H and O–H groups in total. The maximum atomic E-state index is 10.4. The number of aromatic carboxylic acids is 1. The highest BCUT2D eigenvalue weighted by atomic mass is 16.6. The van der Waals surface area contributed by atoms with Crippen LogP contribution in [0.2, 0.25) is 0 Å². The topological polar surface area (TPSA) is 94.7 Å². The van der Waals surface area contributed by atoms with Gasteiger partial charge in [-0.25, -0.2) is 4.79 Å². The maximum Gasteiger partial charge on any atom is 0.377 e. The summed E-state index contributed by atoms with van der Waals surface area (Å²) in [6.45, 7) is 1.27. The Hall–Kier alpha value is -1.47. The van der Waals surface area contributed by atoms with E-state index in [1.807, 2.05) is 0 Å². The monoisotopic (exact) mass is 200 g/mol. The molecule has 1 aromatic heterocycles. The average molecular weight is 200 g/mol. The summed E-state index contributed by atoms with van der Waals surface area (Å²) in [6, 6.07) is 0. The van der Waals surface area contributed by atoms with Gasteiger partial charge in [-0.05, 0) is 5.16 Å². The Kier molecular flexibility index (Phi) is 2.42. The van der Waals surface area contributed by atoms with E-state index in [-0.39, 0.29) is 11.7 Å². The summed E-state index contributed by atoms with van der Waals surface area (Å²) in [7, 11) is 0. The minimum Gasteiger partial charge on any atom is -0.475 e. The predicted octanol–water partition coefficient (Wildman–Crippen LogP) is -0.144. The van der Waals surface area contributed by atoms with Gasteiger partial charge in [0.2, 0.25) is 0 Å². The molecule has 1 atom stereocenters. The van der Waals surface area contributed by atoms with Gasteiger partial charge in [-0.3, -0.25) is 0 Å². The molecule has 76 valence electrons. The number of ether oxygens (including phenoxy) is 2. The molecule has 1 aliphatic heterocycles. The van der Waals surface area contributed by atoms with Gasteiger partial charge in [-0.15, -0.1) is 0 Å². The fourth-order valence-corrected chi connectivity index (χ4v) is 1.08. The van der Waals surface area contributed by atoms with Crippen molar-refractivity contribution in [2.75, 3.05) is 19.8 Å². The van der Waals surface area contributed by atoms with Crippen molar-refractivity contribution in [1.82, 2.24) is 10.1 Å². The van der Waals surface area contributed by atoms with Gasteiger partial charge in [0, 0.05) is 0 Å². The van der Waals surface area contributed by atoms with Crippen LogP contribution >= 0.6 is 0 Å². The van der Waals surface area contributed by atoms with Crippen LogP contribution in [0.15, 0.2) is 4.52 Å². The summed E-state index contributed by atoms with van der Waals surface area (Å²) in [5.74, 6) is -1.45. The second-order valence-corrected chi connectivity index (χ2v) is 2.70.